The van der Waals surface area contributed by atoms with Gasteiger partial charge in [0.1, 0.15) is 5.75 Å². The van der Waals surface area contributed by atoms with E-state index >= 15 is 0 Å². The monoisotopic (exact) mass is 307 g/mol. The third-order valence-electron chi connectivity index (χ3n) is 4.59. The van der Waals surface area contributed by atoms with Gasteiger partial charge in [-0.05, 0) is 61.9 Å². The minimum Gasteiger partial charge on any atom is -0.497 e. The average molecular weight is 308 g/mol. The van der Waals surface area contributed by atoms with Crippen LogP contribution in [0, 0.1) is 11.8 Å². The average Bonchev–Trinajstić information content (AvgIpc) is 2.50. The predicted molar refractivity (Wildman–Crippen MR) is 92.3 cm³/mol. The Bertz CT molecular complexity index is 418. The number of rotatable bonds is 6. The Morgan fingerprint density at radius 2 is 1.95 bits per heavy atom. The van der Waals surface area contributed by atoms with Gasteiger partial charge in [-0.15, -0.1) is 11.8 Å². The van der Waals surface area contributed by atoms with E-state index in [2.05, 4.69) is 50.4 Å². The van der Waals surface area contributed by atoms with Crippen LogP contribution < -0.4 is 10.1 Å². The van der Waals surface area contributed by atoms with Crippen LogP contribution in [0.2, 0.25) is 0 Å². The first-order chi connectivity index (χ1) is 10.1. The van der Waals surface area contributed by atoms with Crippen LogP contribution >= 0.6 is 11.8 Å². The number of hydrogen-bond acceptors (Lipinski definition) is 3. The first-order valence-electron chi connectivity index (χ1n) is 8.18. The summed E-state index contributed by atoms with van der Waals surface area (Å²) in [5.41, 5.74) is 0. The lowest BCUT2D eigenvalue weighted by Crippen LogP contribution is -2.43. The van der Waals surface area contributed by atoms with Crippen molar-refractivity contribution >= 4 is 11.8 Å². The molecule has 21 heavy (non-hydrogen) atoms. The number of thioether (sulfide) groups is 1. The van der Waals surface area contributed by atoms with Gasteiger partial charge >= 0.3 is 0 Å². The van der Waals surface area contributed by atoms with E-state index in [0.717, 1.165) is 24.1 Å². The van der Waals surface area contributed by atoms with Gasteiger partial charge < -0.3 is 10.1 Å². The van der Waals surface area contributed by atoms with E-state index in [9.17, 15) is 0 Å². The zero-order chi connectivity index (χ0) is 15.2. The Morgan fingerprint density at radius 3 is 2.52 bits per heavy atom. The van der Waals surface area contributed by atoms with Crippen LogP contribution in [-0.2, 0) is 0 Å². The Kier molecular flexibility index (Phi) is 6.43. The second kappa shape index (κ2) is 8.09. The van der Waals surface area contributed by atoms with Crippen molar-refractivity contribution in [2.45, 2.75) is 56.2 Å². The maximum Gasteiger partial charge on any atom is 0.118 e. The normalized spacial score (nSPS) is 26.0. The summed E-state index contributed by atoms with van der Waals surface area (Å²) in [5.74, 6) is 2.61. The van der Waals surface area contributed by atoms with Crippen molar-refractivity contribution in [2.24, 2.45) is 11.8 Å². The molecular weight excluding hydrogens is 278 g/mol. The molecule has 0 amide bonds. The fourth-order valence-electron chi connectivity index (χ4n) is 3.22. The van der Waals surface area contributed by atoms with Crippen LogP contribution in [0.4, 0.5) is 0 Å². The molecule has 1 aromatic rings. The van der Waals surface area contributed by atoms with Gasteiger partial charge in [-0.2, -0.15) is 0 Å². The highest BCUT2D eigenvalue weighted by atomic mass is 32.2. The predicted octanol–water partition coefficient (Wildman–Crippen LogP) is 4.59. The van der Waals surface area contributed by atoms with E-state index in [1.807, 2.05) is 11.8 Å². The molecule has 0 bridgehead atoms. The van der Waals surface area contributed by atoms with E-state index in [0.29, 0.717) is 11.3 Å². The molecule has 118 valence electrons. The van der Waals surface area contributed by atoms with E-state index in [1.165, 1.54) is 24.2 Å². The van der Waals surface area contributed by atoms with Crippen LogP contribution in [0.1, 0.15) is 40.0 Å². The van der Waals surface area contributed by atoms with Crippen molar-refractivity contribution < 1.29 is 4.74 Å². The Labute approximate surface area is 134 Å². The van der Waals surface area contributed by atoms with Crippen LogP contribution in [0.25, 0.3) is 0 Å². The molecule has 0 radical (unpaired) electrons. The summed E-state index contributed by atoms with van der Waals surface area (Å²) >= 11 is 2.03. The van der Waals surface area contributed by atoms with Gasteiger partial charge in [0.2, 0.25) is 0 Å². The van der Waals surface area contributed by atoms with Gasteiger partial charge in [-0.1, -0.05) is 20.8 Å². The summed E-state index contributed by atoms with van der Waals surface area (Å²) in [4.78, 5) is 1.35. The van der Waals surface area contributed by atoms with Crippen LogP contribution in [0.5, 0.6) is 5.75 Å². The molecule has 3 atom stereocenters. The lowest BCUT2D eigenvalue weighted by atomic mass is 9.79. The molecule has 1 aromatic carbocycles. The highest BCUT2D eigenvalue weighted by Crippen LogP contribution is 2.39. The lowest BCUT2D eigenvalue weighted by Gasteiger charge is -2.38. The SMILES string of the molecule is CCNC1CCC(C(C)C)CC1Sc1ccc(OC)cc1. The van der Waals surface area contributed by atoms with Crippen LogP contribution in [0.3, 0.4) is 0 Å². The van der Waals surface area contributed by atoms with Crippen molar-refractivity contribution in [1.82, 2.24) is 5.32 Å². The molecule has 0 aromatic heterocycles. The molecule has 1 saturated carbocycles. The second-order valence-corrected chi connectivity index (χ2v) is 7.63. The summed E-state index contributed by atoms with van der Waals surface area (Å²) in [7, 11) is 1.72. The Balaban J connectivity index is 2.03. The second-order valence-electron chi connectivity index (χ2n) is 6.31. The molecule has 0 spiro atoms. The summed E-state index contributed by atoms with van der Waals surface area (Å²) in [6, 6.07) is 9.15. The minimum absolute atomic E-state index is 0.650. The third-order valence-corrected chi connectivity index (χ3v) is 5.96. The number of benzene rings is 1. The first-order valence-corrected chi connectivity index (χ1v) is 9.06. The van der Waals surface area contributed by atoms with Gasteiger partial charge in [0.05, 0.1) is 7.11 Å². The Morgan fingerprint density at radius 1 is 1.24 bits per heavy atom. The van der Waals surface area contributed by atoms with Gasteiger partial charge in [0.25, 0.3) is 0 Å². The molecule has 2 nitrogen and oxygen atoms in total. The molecule has 3 unspecified atom stereocenters. The topological polar surface area (TPSA) is 21.3 Å². The first kappa shape index (κ1) is 16.7. The molecule has 0 heterocycles. The zero-order valence-electron chi connectivity index (χ0n) is 13.8. The quantitative estimate of drug-likeness (QED) is 0.830. The van der Waals surface area contributed by atoms with Gasteiger partial charge in [0.15, 0.2) is 0 Å². The van der Waals surface area contributed by atoms with Crippen molar-refractivity contribution in [3.05, 3.63) is 24.3 Å². The molecule has 0 aliphatic heterocycles. The smallest absolute Gasteiger partial charge is 0.118 e. The van der Waals surface area contributed by atoms with E-state index in [-0.39, 0.29) is 0 Å². The van der Waals surface area contributed by atoms with E-state index in [4.69, 9.17) is 4.74 Å². The number of ether oxygens (including phenoxy) is 1. The number of hydrogen-bond donors (Lipinski definition) is 1. The summed E-state index contributed by atoms with van der Waals surface area (Å²) in [6.45, 7) is 8.01. The van der Waals surface area contributed by atoms with Gasteiger partial charge in [0, 0.05) is 16.2 Å². The van der Waals surface area contributed by atoms with Crippen molar-refractivity contribution in [3.63, 3.8) is 0 Å². The number of nitrogens with one attached hydrogen (secondary N) is 1. The van der Waals surface area contributed by atoms with Crippen LogP contribution in [0.15, 0.2) is 29.2 Å². The van der Waals surface area contributed by atoms with Gasteiger partial charge in [-0.25, -0.2) is 0 Å². The third kappa shape index (κ3) is 4.65. The highest BCUT2D eigenvalue weighted by Gasteiger charge is 2.31. The Hall–Kier alpha value is -0.670. The summed E-state index contributed by atoms with van der Waals surface area (Å²) < 4.78 is 5.25. The van der Waals surface area contributed by atoms with Crippen molar-refractivity contribution in [2.75, 3.05) is 13.7 Å². The molecule has 1 fully saturated rings. The zero-order valence-corrected chi connectivity index (χ0v) is 14.6. The highest BCUT2D eigenvalue weighted by molar-refractivity contribution is 8.00. The maximum absolute atomic E-state index is 5.25. The molecule has 1 N–H and O–H groups in total. The standard InChI is InChI=1S/C18H29NOS/c1-5-19-17-11-6-14(13(2)3)12-18(17)21-16-9-7-15(20-4)8-10-16/h7-10,13-14,17-19H,5-6,11-12H2,1-4H3. The van der Waals surface area contributed by atoms with Crippen molar-refractivity contribution in [1.29, 1.82) is 0 Å². The van der Waals surface area contributed by atoms with E-state index < -0.39 is 0 Å². The maximum atomic E-state index is 5.25. The molecule has 2 rings (SSSR count). The molecule has 3 heteroatoms. The largest absolute Gasteiger partial charge is 0.497 e. The summed E-state index contributed by atoms with van der Waals surface area (Å²) in [5, 5.41) is 4.37. The minimum atomic E-state index is 0.650. The number of methoxy groups -OCH3 is 1. The molecule has 0 saturated heterocycles. The van der Waals surface area contributed by atoms with E-state index in [1.54, 1.807) is 7.11 Å². The molecular formula is C18H29NOS. The fourth-order valence-corrected chi connectivity index (χ4v) is 4.60. The van der Waals surface area contributed by atoms with Crippen molar-refractivity contribution in [3.8, 4) is 5.75 Å². The fraction of sp³-hybridized carbons (Fsp3) is 0.667. The van der Waals surface area contributed by atoms with Crippen LogP contribution in [-0.4, -0.2) is 24.9 Å². The summed E-state index contributed by atoms with van der Waals surface area (Å²) in [6.07, 6.45) is 4.01. The lowest BCUT2D eigenvalue weighted by molar-refractivity contribution is 0.247. The molecule has 1 aliphatic carbocycles. The van der Waals surface area contributed by atoms with Gasteiger partial charge in [-0.3, -0.25) is 0 Å². The molecule has 1 aliphatic rings.